The summed E-state index contributed by atoms with van der Waals surface area (Å²) in [5.41, 5.74) is 1.42. The van der Waals surface area contributed by atoms with Crippen molar-refractivity contribution in [1.82, 2.24) is 0 Å². The molecule has 0 atom stereocenters. The summed E-state index contributed by atoms with van der Waals surface area (Å²) in [7, 11) is 0. The molecule has 2 aromatic rings. The Balaban J connectivity index is 2.32. The number of fused-ring (bicyclic) bond motifs is 1. The molecule has 0 aliphatic heterocycles. The quantitative estimate of drug-likeness (QED) is 0.307. The topological polar surface area (TPSA) is 0 Å². The van der Waals surface area contributed by atoms with Crippen LogP contribution in [0.3, 0.4) is 0 Å². The Morgan fingerprint density at radius 1 is 0.720 bits per heavy atom. The number of hydrogen-bond donors (Lipinski definition) is 0. The van der Waals surface area contributed by atoms with E-state index in [2.05, 4.69) is 73.4 Å². The number of unbranched alkanes of at least 4 members (excludes halogenated alkanes) is 3. The second kappa shape index (κ2) is 11.1. The van der Waals surface area contributed by atoms with Crippen LogP contribution in [0.25, 0.3) is 16.8 Å². The van der Waals surface area contributed by atoms with Crippen LogP contribution in [-0.4, -0.2) is 18.4 Å². The van der Waals surface area contributed by atoms with E-state index in [9.17, 15) is 0 Å². The summed E-state index contributed by atoms with van der Waals surface area (Å²) in [4.78, 5) is 0. The second-order valence-electron chi connectivity index (χ2n) is 7.57. The SMILES string of the molecule is CCC[CH2][Sn](/[CH]=C/c1cccc2ccccc12)([CH2]CCC)[CH2]CCC. The molecule has 1 heteroatoms. The molecule has 0 spiro atoms. The van der Waals surface area contributed by atoms with Crippen molar-refractivity contribution < 1.29 is 0 Å². The van der Waals surface area contributed by atoms with Gasteiger partial charge in [-0.05, 0) is 0 Å². The molecule has 0 aliphatic carbocycles. The molecule has 0 unspecified atom stereocenters. The van der Waals surface area contributed by atoms with E-state index in [0.717, 1.165) is 0 Å². The normalized spacial score (nSPS) is 12.3. The molecule has 0 amide bonds. The van der Waals surface area contributed by atoms with E-state index in [1.165, 1.54) is 54.9 Å². The first-order valence-corrected chi connectivity index (χ1v) is 18.1. The van der Waals surface area contributed by atoms with E-state index < -0.39 is 18.4 Å². The molecule has 0 heterocycles. The van der Waals surface area contributed by atoms with Crippen LogP contribution in [0.5, 0.6) is 0 Å². The predicted octanol–water partition coefficient (Wildman–Crippen LogP) is 8.24. The average Bonchev–Trinajstić information content (AvgIpc) is 2.67. The van der Waals surface area contributed by atoms with E-state index in [0.29, 0.717) is 0 Å². The molecule has 0 nitrogen and oxygen atoms in total. The third kappa shape index (κ3) is 6.16. The summed E-state index contributed by atoms with van der Waals surface area (Å²) in [6, 6.07) is 15.6. The molecule has 0 saturated heterocycles. The standard InChI is InChI=1S/C12H9.3C4H9.Sn/c1-2-10-7-5-8-11-6-3-4-9-12(10)11;3*1-3-4-2;/h1-9H;3*1,3-4H2,2H3;. The zero-order chi connectivity index (χ0) is 18.0. The summed E-state index contributed by atoms with van der Waals surface area (Å²) in [5, 5.41) is 2.77. The molecule has 0 saturated carbocycles. The average molecular weight is 443 g/mol. The van der Waals surface area contributed by atoms with Gasteiger partial charge in [-0.15, -0.1) is 0 Å². The molecule has 25 heavy (non-hydrogen) atoms. The molecule has 0 aromatic heterocycles. The first-order valence-electron chi connectivity index (χ1n) is 10.4. The van der Waals surface area contributed by atoms with Crippen molar-refractivity contribution in [3.05, 3.63) is 52.1 Å². The van der Waals surface area contributed by atoms with E-state index in [-0.39, 0.29) is 0 Å². The Morgan fingerprint density at radius 3 is 1.88 bits per heavy atom. The van der Waals surface area contributed by atoms with E-state index >= 15 is 0 Å². The molecular formula is C24H36Sn. The summed E-state index contributed by atoms with van der Waals surface area (Å²) < 4.78 is 7.43. The van der Waals surface area contributed by atoms with Crippen molar-refractivity contribution in [3.63, 3.8) is 0 Å². The van der Waals surface area contributed by atoms with Crippen molar-refractivity contribution in [3.8, 4) is 0 Å². The molecule has 2 aromatic carbocycles. The van der Waals surface area contributed by atoms with E-state index in [1.807, 2.05) is 0 Å². The molecule has 2 rings (SSSR count). The Labute approximate surface area is 159 Å². The van der Waals surface area contributed by atoms with Gasteiger partial charge >= 0.3 is 160 Å². The maximum atomic E-state index is 2.79. The Bertz CT molecular complexity index is 629. The van der Waals surface area contributed by atoms with E-state index in [4.69, 9.17) is 0 Å². The van der Waals surface area contributed by atoms with Gasteiger partial charge in [0, 0.05) is 0 Å². The van der Waals surface area contributed by atoms with Crippen LogP contribution in [0.2, 0.25) is 13.3 Å². The van der Waals surface area contributed by atoms with Gasteiger partial charge in [0.15, 0.2) is 0 Å². The molecule has 0 radical (unpaired) electrons. The minimum absolute atomic E-state index is 1.35. The van der Waals surface area contributed by atoms with Gasteiger partial charge in [0.2, 0.25) is 0 Å². The minimum atomic E-state index is -2.18. The van der Waals surface area contributed by atoms with Crippen LogP contribution in [0.4, 0.5) is 0 Å². The maximum absolute atomic E-state index is 2.79. The third-order valence-corrected chi connectivity index (χ3v) is 19.6. The zero-order valence-corrected chi connectivity index (χ0v) is 19.4. The van der Waals surface area contributed by atoms with Crippen LogP contribution < -0.4 is 0 Å². The monoisotopic (exact) mass is 444 g/mol. The summed E-state index contributed by atoms with van der Waals surface area (Å²) >= 11 is -2.18. The summed E-state index contributed by atoms with van der Waals surface area (Å²) in [6.45, 7) is 7.06. The van der Waals surface area contributed by atoms with Gasteiger partial charge < -0.3 is 0 Å². The first-order chi connectivity index (χ1) is 12.2. The van der Waals surface area contributed by atoms with Gasteiger partial charge in [0.1, 0.15) is 0 Å². The van der Waals surface area contributed by atoms with Crippen LogP contribution in [0, 0.1) is 0 Å². The summed E-state index contributed by atoms with van der Waals surface area (Å²) in [6.07, 6.45) is 10.9. The zero-order valence-electron chi connectivity index (χ0n) is 16.6. The molecule has 0 aliphatic rings. The Hall–Kier alpha value is -0.761. The summed E-state index contributed by atoms with van der Waals surface area (Å²) in [5.74, 6) is 0. The molecule has 0 bridgehead atoms. The third-order valence-electron chi connectivity index (χ3n) is 5.52. The van der Waals surface area contributed by atoms with Crippen LogP contribution in [0.15, 0.2) is 46.6 Å². The van der Waals surface area contributed by atoms with Gasteiger partial charge in [0.25, 0.3) is 0 Å². The predicted molar refractivity (Wildman–Crippen MR) is 118 cm³/mol. The fourth-order valence-corrected chi connectivity index (χ4v) is 18.0. The van der Waals surface area contributed by atoms with Gasteiger partial charge in [0.05, 0.1) is 0 Å². The van der Waals surface area contributed by atoms with Crippen molar-refractivity contribution in [1.29, 1.82) is 0 Å². The molecule has 136 valence electrons. The van der Waals surface area contributed by atoms with Crippen LogP contribution in [0.1, 0.15) is 64.9 Å². The molecule has 0 fully saturated rings. The second-order valence-corrected chi connectivity index (χ2v) is 20.6. The van der Waals surface area contributed by atoms with Gasteiger partial charge in [-0.1, -0.05) is 0 Å². The van der Waals surface area contributed by atoms with Crippen LogP contribution >= 0.6 is 0 Å². The van der Waals surface area contributed by atoms with Crippen LogP contribution in [-0.2, 0) is 0 Å². The Kier molecular flexibility index (Phi) is 9.09. The van der Waals surface area contributed by atoms with Gasteiger partial charge in [-0.2, -0.15) is 0 Å². The first kappa shape index (κ1) is 20.5. The van der Waals surface area contributed by atoms with Crippen molar-refractivity contribution in [2.24, 2.45) is 0 Å². The number of benzene rings is 2. The van der Waals surface area contributed by atoms with Gasteiger partial charge in [-0.25, -0.2) is 0 Å². The fourth-order valence-electron chi connectivity index (χ4n) is 3.87. The van der Waals surface area contributed by atoms with Gasteiger partial charge in [-0.3, -0.25) is 0 Å². The molecular weight excluding hydrogens is 407 g/mol. The molecule has 0 N–H and O–H groups in total. The van der Waals surface area contributed by atoms with Crippen molar-refractivity contribution in [2.75, 3.05) is 0 Å². The number of rotatable bonds is 11. The van der Waals surface area contributed by atoms with Crippen molar-refractivity contribution in [2.45, 2.75) is 72.6 Å². The van der Waals surface area contributed by atoms with Crippen molar-refractivity contribution >= 4 is 35.2 Å². The Morgan fingerprint density at radius 2 is 1.28 bits per heavy atom. The fraction of sp³-hybridized carbons (Fsp3) is 0.500. The van der Waals surface area contributed by atoms with E-state index in [1.54, 1.807) is 13.3 Å². The number of hydrogen-bond acceptors (Lipinski definition) is 0.